The first-order chi connectivity index (χ1) is 14.0. The van der Waals surface area contributed by atoms with E-state index in [0.717, 1.165) is 16.5 Å². The molecule has 29 heavy (non-hydrogen) atoms. The predicted octanol–water partition coefficient (Wildman–Crippen LogP) is 5.08. The number of fused-ring (bicyclic) bond motifs is 1. The molecule has 1 aliphatic heterocycles. The van der Waals surface area contributed by atoms with Gasteiger partial charge in [0.15, 0.2) is 5.17 Å². The number of nitrogens with zero attached hydrogens (tertiary/aromatic N) is 2. The van der Waals surface area contributed by atoms with E-state index in [1.165, 1.54) is 16.7 Å². The van der Waals surface area contributed by atoms with Gasteiger partial charge in [-0.05, 0) is 35.7 Å². The first-order valence-corrected chi connectivity index (χ1v) is 10.3. The summed E-state index contributed by atoms with van der Waals surface area (Å²) in [4.78, 5) is 31.2. The molecule has 0 aliphatic carbocycles. The molecule has 2 amide bonds. The van der Waals surface area contributed by atoms with Gasteiger partial charge in [-0.2, -0.15) is 0 Å². The summed E-state index contributed by atoms with van der Waals surface area (Å²) in [5.74, 6) is -0.330. The summed E-state index contributed by atoms with van der Waals surface area (Å²) in [5.41, 5.74) is 1.45. The minimum atomic E-state index is -0.499. The minimum absolute atomic E-state index is 0.0801. The fourth-order valence-corrected chi connectivity index (χ4v) is 4.41. The van der Waals surface area contributed by atoms with Gasteiger partial charge in [0.25, 0.3) is 0 Å². The van der Waals surface area contributed by atoms with E-state index in [0.29, 0.717) is 15.9 Å². The van der Waals surface area contributed by atoms with Crippen LogP contribution in [0.15, 0.2) is 71.7 Å². The number of anilines is 1. The molecule has 1 atom stereocenters. The number of hydrogen-bond acceptors (Lipinski definition) is 4. The Bertz CT molecular complexity index is 1110. The van der Waals surface area contributed by atoms with Gasteiger partial charge in [-0.15, -0.1) is 0 Å². The number of halogens is 1. The van der Waals surface area contributed by atoms with E-state index in [-0.39, 0.29) is 18.2 Å². The van der Waals surface area contributed by atoms with E-state index >= 15 is 0 Å². The van der Waals surface area contributed by atoms with Gasteiger partial charge < -0.3 is 5.32 Å². The molecule has 1 N–H and O–H groups in total. The summed E-state index contributed by atoms with van der Waals surface area (Å²) in [6.45, 7) is 0. The Balaban J connectivity index is 1.47. The second-order valence-corrected chi connectivity index (χ2v) is 8.26. The van der Waals surface area contributed by atoms with E-state index in [4.69, 9.17) is 11.6 Å². The summed E-state index contributed by atoms with van der Waals surface area (Å²) in [5, 5.41) is 5.65. The van der Waals surface area contributed by atoms with Crippen LogP contribution in [-0.2, 0) is 9.59 Å². The lowest BCUT2D eigenvalue weighted by Gasteiger charge is -2.11. The van der Waals surface area contributed by atoms with Crippen molar-refractivity contribution in [2.75, 3.05) is 12.4 Å². The molecule has 4 rings (SSSR count). The number of aliphatic imine (C=N–C) groups is 1. The summed E-state index contributed by atoms with van der Waals surface area (Å²) in [6, 6.07) is 20.7. The molecule has 5 nitrogen and oxygen atoms in total. The Hall–Kier alpha value is -2.83. The van der Waals surface area contributed by atoms with E-state index in [2.05, 4.69) is 10.3 Å². The fourth-order valence-electron chi connectivity index (χ4n) is 3.13. The van der Waals surface area contributed by atoms with Crippen LogP contribution in [0.25, 0.3) is 10.8 Å². The number of rotatable bonds is 4. The number of benzene rings is 3. The van der Waals surface area contributed by atoms with Gasteiger partial charge in [0.2, 0.25) is 11.8 Å². The average Bonchev–Trinajstić information content (AvgIpc) is 2.98. The topological polar surface area (TPSA) is 61.8 Å². The second-order valence-electron chi connectivity index (χ2n) is 6.65. The first kappa shape index (κ1) is 19.5. The third-order valence-electron chi connectivity index (χ3n) is 4.63. The van der Waals surface area contributed by atoms with Gasteiger partial charge in [0, 0.05) is 29.6 Å². The number of thioether (sulfide) groups is 1. The first-order valence-electron chi connectivity index (χ1n) is 9.07. The Morgan fingerprint density at radius 2 is 1.83 bits per heavy atom. The van der Waals surface area contributed by atoms with Crippen molar-refractivity contribution in [1.29, 1.82) is 0 Å². The molecule has 1 saturated heterocycles. The second kappa shape index (κ2) is 8.27. The van der Waals surface area contributed by atoms with Crippen LogP contribution in [0.3, 0.4) is 0 Å². The highest BCUT2D eigenvalue weighted by Crippen LogP contribution is 2.31. The Morgan fingerprint density at radius 3 is 2.62 bits per heavy atom. The molecule has 0 radical (unpaired) electrons. The Kier molecular flexibility index (Phi) is 5.56. The number of amides is 2. The van der Waals surface area contributed by atoms with Crippen LogP contribution in [0.2, 0.25) is 5.02 Å². The number of nitrogens with one attached hydrogen (secondary N) is 1. The van der Waals surface area contributed by atoms with Crippen molar-refractivity contribution in [3.05, 3.63) is 71.8 Å². The smallest absolute Gasteiger partial charge is 0.242 e. The summed E-state index contributed by atoms with van der Waals surface area (Å²) >= 11 is 7.20. The van der Waals surface area contributed by atoms with Crippen molar-refractivity contribution in [3.8, 4) is 0 Å². The lowest BCUT2D eigenvalue weighted by molar-refractivity contribution is -0.127. The molecule has 3 aromatic carbocycles. The lowest BCUT2D eigenvalue weighted by atomic mass is 10.1. The maximum absolute atomic E-state index is 12.6. The molecule has 146 valence electrons. The van der Waals surface area contributed by atoms with Crippen LogP contribution in [-0.4, -0.2) is 34.2 Å². The zero-order chi connectivity index (χ0) is 20.4. The maximum Gasteiger partial charge on any atom is 0.242 e. The summed E-state index contributed by atoms with van der Waals surface area (Å²) < 4.78 is 0. The summed E-state index contributed by atoms with van der Waals surface area (Å²) in [7, 11) is 1.67. The van der Waals surface area contributed by atoms with Crippen molar-refractivity contribution in [1.82, 2.24) is 4.90 Å². The zero-order valence-electron chi connectivity index (χ0n) is 15.6. The maximum atomic E-state index is 12.6. The van der Waals surface area contributed by atoms with Gasteiger partial charge >= 0.3 is 0 Å². The van der Waals surface area contributed by atoms with Gasteiger partial charge in [0.1, 0.15) is 5.25 Å². The highest BCUT2D eigenvalue weighted by molar-refractivity contribution is 8.15. The number of hydrogen-bond donors (Lipinski definition) is 1. The monoisotopic (exact) mass is 423 g/mol. The third-order valence-corrected chi connectivity index (χ3v) is 6.11. The molecule has 0 saturated carbocycles. The number of carbonyl (C=O) groups is 2. The standard InChI is InChI=1S/C22H18ClN3O2S/c1-26-21(28)19(29-22(26)24-16-11-9-15(23)10-12-16)13-20(27)25-18-8-4-6-14-5-2-3-7-17(14)18/h2-12,19H,13H2,1H3,(H,25,27). The quantitative estimate of drug-likeness (QED) is 0.636. The Morgan fingerprint density at radius 1 is 1.10 bits per heavy atom. The zero-order valence-corrected chi connectivity index (χ0v) is 17.2. The van der Waals surface area contributed by atoms with Crippen molar-refractivity contribution < 1.29 is 9.59 Å². The van der Waals surface area contributed by atoms with E-state index in [9.17, 15) is 9.59 Å². The molecule has 7 heteroatoms. The molecular formula is C22H18ClN3O2S. The van der Waals surface area contributed by atoms with Crippen molar-refractivity contribution in [3.63, 3.8) is 0 Å². The van der Waals surface area contributed by atoms with Crippen molar-refractivity contribution >= 4 is 62.5 Å². The lowest BCUT2D eigenvalue weighted by Crippen LogP contribution is -2.30. The molecule has 0 aromatic heterocycles. The molecular weight excluding hydrogens is 406 g/mol. The largest absolute Gasteiger partial charge is 0.325 e. The van der Waals surface area contributed by atoms with Crippen molar-refractivity contribution in [2.24, 2.45) is 4.99 Å². The normalized spacial score (nSPS) is 17.9. The average molecular weight is 424 g/mol. The molecule has 1 aliphatic rings. The molecule has 0 bridgehead atoms. The van der Waals surface area contributed by atoms with Gasteiger partial charge in [-0.3, -0.25) is 14.5 Å². The minimum Gasteiger partial charge on any atom is -0.325 e. The van der Waals surface area contributed by atoms with Crippen LogP contribution in [0.4, 0.5) is 11.4 Å². The van der Waals surface area contributed by atoms with Crippen LogP contribution >= 0.6 is 23.4 Å². The third kappa shape index (κ3) is 4.28. The van der Waals surface area contributed by atoms with Crippen LogP contribution in [0, 0.1) is 0 Å². The van der Waals surface area contributed by atoms with Gasteiger partial charge in [0.05, 0.1) is 5.69 Å². The van der Waals surface area contributed by atoms with Crippen LogP contribution in [0.5, 0.6) is 0 Å². The number of amidine groups is 1. The molecule has 1 heterocycles. The van der Waals surface area contributed by atoms with Crippen LogP contribution < -0.4 is 5.32 Å². The molecule has 3 aromatic rings. The van der Waals surface area contributed by atoms with Crippen molar-refractivity contribution in [2.45, 2.75) is 11.7 Å². The van der Waals surface area contributed by atoms with Gasteiger partial charge in [-0.1, -0.05) is 59.8 Å². The fraction of sp³-hybridized carbons (Fsp3) is 0.136. The summed E-state index contributed by atoms with van der Waals surface area (Å²) in [6.07, 6.45) is 0.0801. The molecule has 1 unspecified atom stereocenters. The van der Waals surface area contributed by atoms with E-state index < -0.39 is 5.25 Å². The highest BCUT2D eigenvalue weighted by Gasteiger charge is 2.37. The van der Waals surface area contributed by atoms with E-state index in [1.807, 2.05) is 42.5 Å². The van der Waals surface area contributed by atoms with Gasteiger partial charge in [-0.25, -0.2) is 4.99 Å². The van der Waals surface area contributed by atoms with E-state index in [1.54, 1.807) is 31.3 Å². The predicted molar refractivity (Wildman–Crippen MR) is 120 cm³/mol. The highest BCUT2D eigenvalue weighted by atomic mass is 35.5. The molecule has 1 fully saturated rings. The Labute approximate surface area is 177 Å². The SMILES string of the molecule is CN1C(=O)C(CC(=O)Nc2cccc3ccccc23)SC1=Nc1ccc(Cl)cc1. The molecule has 0 spiro atoms. The van der Waals surface area contributed by atoms with Crippen LogP contribution in [0.1, 0.15) is 6.42 Å². The number of carbonyl (C=O) groups excluding carboxylic acids is 2.